The molecule has 0 aromatic heterocycles. The van der Waals surface area contributed by atoms with E-state index in [2.05, 4.69) is 25.2 Å². The van der Waals surface area contributed by atoms with Gasteiger partial charge in [-0.15, -0.1) is 0 Å². The van der Waals surface area contributed by atoms with Crippen LogP contribution in [0.15, 0.2) is 12.1 Å². The third kappa shape index (κ3) is 2.50. The van der Waals surface area contributed by atoms with Crippen molar-refractivity contribution in [2.45, 2.75) is 39.7 Å². The Morgan fingerprint density at radius 2 is 1.81 bits per heavy atom. The van der Waals surface area contributed by atoms with Gasteiger partial charge in [0.25, 0.3) is 0 Å². The van der Waals surface area contributed by atoms with Gasteiger partial charge >= 0.3 is 0 Å². The van der Waals surface area contributed by atoms with Gasteiger partial charge in [0.05, 0.1) is 6.54 Å². The summed E-state index contributed by atoms with van der Waals surface area (Å²) in [5.41, 5.74) is 4.41. The summed E-state index contributed by atoms with van der Waals surface area (Å²) in [4.78, 5) is 12.0. The molecule has 1 aliphatic carbocycles. The molecule has 0 atom stereocenters. The molecule has 1 saturated carbocycles. The molecule has 0 amide bonds. The molecule has 1 aliphatic rings. The van der Waals surface area contributed by atoms with Crippen molar-refractivity contribution >= 4 is 5.78 Å². The Morgan fingerprint density at radius 3 is 2.44 bits per heavy atom. The smallest absolute Gasteiger partial charge is 0.176 e. The Bertz CT molecular complexity index is 419. The van der Waals surface area contributed by atoms with Crippen LogP contribution in [0.25, 0.3) is 0 Å². The van der Waals surface area contributed by atoms with Crippen molar-refractivity contribution in [3.05, 3.63) is 34.4 Å². The maximum Gasteiger partial charge on any atom is 0.176 e. The Morgan fingerprint density at radius 1 is 1.19 bits per heavy atom. The molecule has 0 unspecified atom stereocenters. The van der Waals surface area contributed by atoms with E-state index in [4.69, 9.17) is 0 Å². The molecule has 0 radical (unpaired) electrons. The van der Waals surface area contributed by atoms with Crippen LogP contribution < -0.4 is 5.32 Å². The number of benzene rings is 1. The second kappa shape index (κ2) is 4.38. The largest absolute Gasteiger partial charge is 0.307 e. The molecule has 0 aliphatic heterocycles. The number of nitrogens with one attached hydrogen (secondary N) is 1. The maximum atomic E-state index is 12.0. The van der Waals surface area contributed by atoms with E-state index in [1.807, 2.05) is 13.0 Å². The first-order chi connectivity index (χ1) is 7.58. The number of rotatable bonds is 4. The lowest BCUT2D eigenvalue weighted by molar-refractivity contribution is 0.0990. The van der Waals surface area contributed by atoms with Crippen LogP contribution in [0.2, 0.25) is 0 Å². The lowest BCUT2D eigenvalue weighted by Crippen LogP contribution is -2.25. The Labute approximate surface area is 97.1 Å². The van der Waals surface area contributed by atoms with Crippen LogP contribution in [0.5, 0.6) is 0 Å². The van der Waals surface area contributed by atoms with Crippen molar-refractivity contribution in [2.24, 2.45) is 0 Å². The summed E-state index contributed by atoms with van der Waals surface area (Å²) in [5.74, 6) is 0.215. The fraction of sp³-hybridized carbons (Fsp3) is 0.500. The van der Waals surface area contributed by atoms with Crippen molar-refractivity contribution in [3.63, 3.8) is 0 Å². The van der Waals surface area contributed by atoms with Crippen molar-refractivity contribution in [2.75, 3.05) is 6.54 Å². The van der Waals surface area contributed by atoms with Gasteiger partial charge in [0.15, 0.2) is 5.78 Å². The van der Waals surface area contributed by atoms with Gasteiger partial charge in [-0.3, -0.25) is 4.79 Å². The van der Waals surface area contributed by atoms with E-state index < -0.39 is 0 Å². The molecular formula is C14H19NO. The highest BCUT2D eigenvalue weighted by Crippen LogP contribution is 2.19. The molecule has 86 valence electrons. The molecule has 1 aromatic carbocycles. The summed E-state index contributed by atoms with van der Waals surface area (Å²) in [7, 11) is 0. The number of hydrogen-bond donors (Lipinski definition) is 1. The van der Waals surface area contributed by atoms with E-state index >= 15 is 0 Å². The average Bonchev–Trinajstić information content (AvgIpc) is 3.03. The normalized spacial score (nSPS) is 15.2. The fourth-order valence-corrected chi connectivity index (χ4v) is 1.88. The van der Waals surface area contributed by atoms with Gasteiger partial charge in [0, 0.05) is 11.6 Å². The van der Waals surface area contributed by atoms with E-state index in [1.165, 1.54) is 24.0 Å². The Balaban J connectivity index is 2.11. The lowest BCUT2D eigenvalue weighted by Gasteiger charge is -2.09. The van der Waals surface area contributed by atoms with Crippen LogP contribution in [0.1, 0.15) is 39.9 Å². The van der Waals surface area contributed by atoms with Gasteiger partial charge in [0.2, 0.25) is 0 Å². The number of carbonyl (C=O) groups is 1. The molecule has 2 heteroatoms. The zero-order valence-corrected chi connectivity index (χ0v) is 10.3. The third-order valence-corrected chi connectivity index (χ3v) is 3.27. The molecular weight excluding hydrogens is 198 g/mol. The minimum Gasteiger partial charge on any atom is -0.307 e. The molecule has 1 fully saturated rings. The summed E-state index contributed by atoms with van der Waals surface area (Å²) < 4.78 is 0. The molecule has 1 aromatic rings. The molecule has 0 saturated heterocycles. The highest BCUT2D eigenvalue weighted by Gasteiger charge is 2.21. The summed E-state index contributed by atoms with van der Waals surface area (Å²) in [6.45, 7) is 6.63. The molecule has 0 spiro atoms. The van der Waals surface area contributed by atoms with Gasteiger partial charge in [0.1, 0.15) is 0 Å². The van der Waals surface area contributed by atoms with Crippen LogP contribution in [0, 0.1) is 20.8 Å². The average molecular weight is 217 g/mol. The zero-order valence-electron chi connectivity index (χ0n) is 10.3. The number of aryl methyl sites for hydroxylation is 3. The highest BCUT2D eigenvalue weighted by atomic mass is 16.1. The summed E-state index contributed by atoms with van der Waals surface area (Å²) in [6, 6.07) is 4.71. The Hall–Kier alpha value is -1.15. The van der Waals surface area contributed by atoms with Crippen LogP contribution in [0.4, 0.5) is 0 Å². The predicted molar refractivity (Wildman–Crippen MR) is 66.0 cm³/mol. The van der Waals surface area contributed by atoms with Crippen molar-refractivity contribution in [1.29, 1.82) is 0 Å². The van der Waals surface area contributed by atoms with Gasteiger partial charge in [-0.1, -0.05) is 6.07 Å². The first-order valence-corrected chi connectivity index (χ1v) is 5.92. The quantitative estimate of drug-likeness (QED) is 0.785. The first kappa shape index (κ1) is 11.3. The second-order valence-corrected chi connectivity index (χ2v) is 4.83. The van der Waals surface area contributed by atoms with Gasteiger partial charge in [-0.2, -0.15) is 0 Å². The molecule has 2 nitrogen and oxygen atoms in total. The predicted octanol–water partition coefficient (Wildman–Crippen LogP) is 2.55. The van der Waals surface area contributed by atoms with E-state index in [1.54, 1.807) is 0 Å². The SMILES string of the molecule is Cc1cc(C)c(C(=O)CNC2CC2)cc1C. The number of Topliss-reactive ketones (excluding diaryl/α,β-unsaturated/α-hetero) is 1. The van der Waals surface area contributed by atoms with Gasteiger partial charge in [-0.25, -0.2) is 0 Å². The molecule has 1 N–H and O–H groups in total. The fourth-order valence-electron chi connectivity index (χ4n) is 1.88. The van der Waals surface area contributed by atoms with Crippen LogP contribution >= 0.6 is 0 Å². The molecule has 16 heavy (non-hydrogen) atoms. The first-order valence-electron chi connectivity index (χ1n) is 5.92. The van der Waals surface area contributed by atoms with Crippen LogP contribution in [-0.4, -0.2) is 18.4 Å². The van der Waals surface area contributed by atoms with E-state index in [0.717, 1.165) is 11.1 Å². The van der Waals surface area contributed by atoms with Crippen molar-refractivity contribution in [3.8, 4) is 0 Å². The lowest BCUT2D eigenvalue weighted by atomic mass is 9.98. The molecule has 0 heterocycles. The topological polar surface area (TPSA) is 29.1 Å². The minimum atomic E-state index is 0.215. The summed E-state index contributed by atoms with van der Waals surface area (Å²) >= 11 is 0. The Kier molecular flexibility index (Phi) is 3.10. The van der Waals surface area contributed by atoms with E-state index in [9.17, 15) is 4.79 Å². The third-order valence-electron chi connectivity index (χ3n) is 3.27. The molecule has 2 rings (SSSR count). The van der Waals surface area contributed by atoms with Gasteiger partial charge < -0.3 is 5.32 Å². The van der Waals surface area contributed by atoms with Crippen LogP contribution in [0.3, 0.4) is 0 Å². The minimum absolute atomic E-state index is 0.215. The van der Waals surface area contributed by atoms with Crippen molar-refractivity contribution in [1.82, 2.24) is 5.32 Å². The highest BCUT2D eigenvalue weighted by molar-refractivity contribution is 5.99. The van der Waals surface area contributed by atoms with E-state index in [0.29, 0.717) is 12.6 Å². The molecule has 0 bridgehead atoms. The van der Waals surface area contributed by atoms with Crippen molar-refractivity contribution < 1.29 is 4.79 Å². The maximum absolute atomic E-state index is 12.0. The van der Waals surface area contributed by atoms with Crippen LogP contribution in [-0.2, 0) is 0 Å². The second-order valence-electron chi connectivity index (χ2n) is 4.83. The number of ketones is 1. The summed E-state index contributed by atoms with van der Waals surface area (Å²) in [5, 5.41) is 3.27. The summed E-state index contributed by atoms with van der Waals surface area (Å²) in [6.07, 6.45) is 2.44. The van der Waals surface area contributed by atoms with Gasteiger partial charge in [-0.05, 0) is 56.4 Å². The number of hydrogen-bond acceptors (Lipinski definition) is 2. The van der Waals surface area contributed by atoms with E-state index in [-0.39, 0.29) is 5.78 Å². The zero-order chi connectivity index (χ0) is 11.7. The monoisotopic (exact) mass is 217 g/mol. The standard InChI is InChI=1S/C14H19NO/c1-9-6-11(3)13(7-10(9)2)14(16)8-15-12-4-5-12/h6-7,12,15H,4-5,8H2,1-3H3. The number of carbonyl (C=O) groups excluding carboxylic acids is 1.